The Morgan fingerprint density at radius 1 is 1.29 bits per heavy atom. The molecule has 1 aliphatic rings. The molecule has 4 heteroatoms. The van der Waals surface area contributed by atoms with Gasteiger partial charge in [-0.15, -0.1) is 0 Å². The maximum Gasteiger partial charge on any atom is 0.335 e. The topological polar surface area (TPSA) is 57.6 Å². The lowest BCUT2D eigenvalue weighted by molar-refractivity contribution is -0.131. The molecule has 0 radical (unpaired) electrons. The highest BCUT2D eigenvalue weighted by atomic mass is 16.4. The number of rotatable bonds is 4. The molecule has 1 saturated heterocycles. The van der Waals surface area contributed by atoms with Crippen LogP contribution in [0.25, 0.3) is 0 Å². The van der Waals surface area contributed by atoms with Gasteiger partial charge in [-0.3, -0.25) is 4.79 Å². The second kappa shape index (κ2) is 6.74. The van der Waals surface area contributed by atoms with Crippen LogP contribution in [0.1, 0.15) is 49.0 Å². The minimum Gasteiger partial charge on any atom is -0.478 e. The number of hydrogen-bond acceptors (Lipinski definition) is 2. The van der Waals surface area contributed by atoms with Gasteiger partial charge in [0.25, 0.3) is 0 Å². The first kappa shape index (κ1) is 15.5. The quantitative estimate of drug-likeness (QED) is 0.926. The molecule has 1 aliphatic heterocycles. The van der Waals surface area contributed by atoms with Crippen LogP contribution >= 0.6 is 0 Å². The number of hydrogen-bond donors (Lipinski definition) is 1. The van der Waals surface area contributed by atoms with E-state index in [9.17, 15) is 9.59 Å². The first-order valence-corrected chi connectivity index (χ1v) is 7.57. The highest BCUT2D eigenvalue weighted by Crippen LogP contribution is 2.25. The summed E-state index contributed by atoms with van der Waals surface area (Å²) < 4.78 is 0. The zero-order chi connectivity index (χ0) is 15.4. The highest BCUT2D eigenvalue weighted by Gasteiger charge is 2.24. The smallest absolute Gasteiger partial charge is 0.335 e. The number of benzene rings is 1. The highest BCUT2D eigenvalue weighted by molar-refractivity contribution is 5.87. The third-order valence-corrected chi connectivity index (χ3v) is 4.37. The van der Waals surface area contributed by atoms with E-state index in [2.05, 4.69) is 13.8 Å². The summed E-state index contributed by atoms with van der Waals surface area (Å²) in [4.78, 5) is 24.9. The largest absolute Gasteiger partial charge is 0.478 e. The number of carboxylic acids is 1. The fraction of sp³-hybridized carbons (Fsp3) is 0.529. The van der Waals surface area contributed by atoms with Crippen LogP contribution in [0, 0.1) is 11.8 Å². The Labute approximate surface area is 125 Å². The minimum atomic E-state index is -0.924. The molecule has 0 aromatic heterocycles. The van der Waals surface area contributed by atoms with Gasteiger partial charge in [0.1, 0.15) is 0 Å². The standard InChI is InChI=1S/C17H23NO3/c1-12(2)14-7-8-16(19)18(10-9-14)11-13-3-5-15(6-4-13)17(20)21/h3-6,12,14H,7-11H2,1-2H3,(H,20,21). The summed E-state index contributed by atoms with van der Waals surface area (Å²) in [5, 5.41) is 8.89. The molecule has 1 fully saturated rings. The first-order valence-electron chi connectivity index (χ1n) is 7.57. The molecule has 1 atom stereocenters. The Morgan fingerprint density at radius 2 is 1.95 bits per heavy atom. The summed E-state index contributed by atoms with van der Waals surface area (Å²) >= 11 is 0. The summed E-state index contributed by atoms with van der Waals surface area (Å²) in [6.45, 7) is 5.80. The van der Waals surface area contributed by atoms with E-state index in [1.54, 1.807) is 24.3 Å². The zero-order valence-corrected chi connectivity index (χ0v) is 12.7. The monoisotopic (exact) mass is 289 g/mol. The normalized spacial score (nSPS) is 19.7. The minimum absolute atomic E-state index is 0.209. The summed E-state index contributed by atoms with van der Waals surface area (Å²) in [6.07, 6.45) is 2.65. The van der Waals surface area contributed by atoms with Gasteiger partial charge in [-0.2, -0.15) is 0 Å². The molecule has 1 heterocycles. The number of likely N-dealkylation sites (tertiary alicyclic amines) is 1. The molecule has 1 aromatic rings. The molecule has 1 amide bonds. The molecule has 1 unspecified atom stereocenters. The van der Waals surface area contributed by atoms with Crippen molar-refractivity contribution < 1.29 is 14.7 Å². The van der Waals surface area contributed by atoms with Crippen LogP contribution in [0.15, 0.2) is 24.3 Å². The Kier molecular flexibility index (Phi) is 4.99. The van der Waals surface area contributed by atoms with Crippen LogP contribution in [0.4, 0.5) is 0 Å². The summed E-state index contributed by atoms with van der Waals surface area (Å²) in [6, 6.07) is 6.77. The molecule has 114 valence electrons. The van der Waals surface area contributed by atoms with Gasteiger partial charge in [-0.05, 0) is 42.4 Å². The van der Waals surface area contributed by atoms with Crippen LogP contribution in [-0.2, 0) is 11.3 Å². The molecule has 0 aliphatic carbocycles. The van der Waals surface area contributed by atoms with Crippen LogP contribution in [0.5, 0.6) is 0 Å². The van der Waals surface area contributed by atoms with E-state index in [0.29, 0.717) is 24.8 Å². The molecule has 0 bridgehead atoms. The average molecular weight is 289 g/mol. The lowest BCUT2D eigenvalue weighted by atomic mass is 9.89. The van der Waals surface area contributed by atoms with Crippen molar-refractivity contribution in [2.75, 3.05) is 6.54 Å². The fourth-order valence-electron chi connectivity index (χ4n) is 2.86. The molecule has 0 saturated carbocycles. The van der Waals surface area contributed by atoms with Gasteiger partial charge in [0, 0.05) is 19.5 Å². The Balaban J connectivity index is 2.01. The first-order chi connectivity index (χ1) is 9.97. The summed E-state index contributed by atoms with van der Waals surface area (Å²) in [5.74, 6) is 0.522. The lowest BCUT2D eigenvalue weighted by Crippen LogP contribution is -2.29. The van der Waals surface area contributed by atoms with Crippen molar-refractivity contribution in [1.29, 1.82) is 0 Å². The lowest BCUT2D eigenvalue weighted by Gasteiger charge is -2.22. The van der Waals surface area contributed by atoms with Crippen LogP contribution < -0.4 is 0 Å². The Hall–Kier alpha value is -1.84. The number of amides is 1. The van der Waals surface area contributed by atoms with E-state index in [0.717, 1.165) is 24.9 Å². The van der Waals surface area contributed by atoms with Gasteiger partial charge in [0.05, 0.1) is 5.56 Å². The Bertz CT molecular complexity index is 507. The molecule has 1 aromatic carbocycles. The molecule has 21 heavy (non-hydrogen) atoms. The maximum atomic E-state index is 12.2. The van der Waals surface area contributed by atoms with Crippen molar-refractivity contribution in [1.82, 2.24) is 4.90 Å². The van der Waals surface area contributed by atoms with E-state index in [-0.39, 0.29) is 11.5 Å². The van der Waals surface area contributed by atoms with Gasteiger partial charge in [-0.1, -0.05) is 26.0 Å². The van der Waals surface area contributed by atoms with Crippen LogP contribution in [-0.4, -0.2) is 28.4 Å². The van der Waals surface area contributed by atoms with Crippen LogP contribution in [0.2, 0.25) is 0 Å². The van der Waals surface area contributed by atoms with Gasteiger partial charge in [0.2, 0.25) is 5.91 Å². The van der Waals surface area contributed by atoms with Crippen molar-refractivity contribution in [2.45, 2.75) is 39.7 Å². The molecule has 1 N–H and O–H groups in total. The predicted molar refractivity (Wildman–Crippen MR) is 81.0 cm³/mol. The number of carbonyl (C=O) groups excluding carboxylic acids is 1. The van der Waals surface area contributed by atoms with E-state index in [1.165, 1.54) is 0 Å². The maximum absolute atomic E-state index is 12.2. The molecule has 2 rings (SSSR count). The average Bonchev–Trinajstić information content (AvgIpc) is 2.62. The van der Waals surface area contributed by atoms with Gasteiger partial charge >= 0.3 is 5.97 Å². The van der Waals surface area contributed by atoms with Crippen molar-refractivity contribution >= 4 is 11.9 Å². The third-order valence-electron chi connectivity index (χ3n) is 4.37. The second-order valence-corrected chi connectivity index (χ2v) is 6.15. The number of aromatic carboxylic acids is 1. The number of carboxylic acid groups (broad SMARTS) is 1. The van der Waals surface area contributed by atoms with Gasteiger partial charge < -0.3 is 10.0 Å². The molecular formula is C17H23NO3. The Morgan fingerprint density at radius 3 is 2.52 bits per heavy atom. The fourth-order valence-corrected chi connectivity index (χ4v) is 2.86. The van der Waals surface area contributed by atoms with Crippen molar-refractivity contribution in [3.63, 3.8) is 0 Å². The molecule has 4 nitrogen and oxygen atoms in total. The van der Waals surface area contributed by atoms with E-state index in [1.807, 2.05) is 4.90 Å². The summed E-state index contributed by atoms with van der Waals surface area (Å²) in [5.41, 5.74) is 1.26. The SMILES string of the molecule is CC(C)C1CCC(=O)N(Cc2ccc(C(=O)O)cc2)CC1. The van der Waals surface area contributed by atoms with Crippen molar-refractivity contribution in [3.05, 3.63) is 35.4 Å². The molecule has 0 spiro atoms. The van der Waals surface area contributed by atoms with Gasteiger partial charge in [0.15, 0.2) is 0 Å². The van der Waals surface area contributed by atoms with E-state index in [4.69, 9.17) is 5.11 Å². The number of nitrogens with zero attached hydrogens (tertiary/aromatic N) is 1. The van der Waals surface area contributed by atoms with E-state index < -0.39 is 5.97 Å². The number of carbonyl (C=O) groups is 2. The van der Waals surface area contributed by atoms with Crippen molar-refractivity contribution in [2.24, 2.45) is 11.8 Å². The van der Waals surface area contributed by atoms with Gasteiger partial charge in [-0.25, -0.2) is 4.79 Å². The summed E-state index contributed by atoms with van der Waals surface area (Å²) in [7, 11) is 0. The van der Waals surface area contributed by atoms with Crippen LogP contribution in [0.3, 0.4) is 0 Å². The second-order valence-electron chi connectivity index (χ2n) is 6.15. The zero-order valence-electron chi connectivity index (χ0n) is 12.7. The van der Waals surface area contributed by atoms with E-state index >= 15 is 0 Å². The molecular weight excluding hydrogens is 266 g/mol. The third kappa shape index (κ3) is 4.06. The predicted octanol–water partition coefficient (Wildman–Crippen LogP) is 3.17. The van der Waals surface area contributed by atoms with Crippen molar-refractivity contribution in [3.8, 4) is 0 Å².